The molecule has 5 rings (SSSR count). The largest absolute Gasteiger partial charge is 0.495 e. The number of pyridine rings is 1. The van der Waals surface area contributed by atoms with E-state index in [0.717, 1.165) is 44.9 Å². The molecule has 0 aliphatic carbocycles. The van der Waals surface area contributed by atoms with Crippen LogP contribution in [0.2, 0.25) is 0 Å². The summed E-state index contributed by atoms with van der Waals surface area (Å²) in [5, 5.41) is 5.49. The van der Waals surface area contributed by atoms with Crippen LogP contribution in [0.5, 0.6) is 5.75 Å². The first-order valence-electron chi connectivity index (χ1n) is 9.87. The van der Waals surface area contributed by atoms with Crippen molar-refractivity contribution in [3.05, 3.63) is 90.5 Å². The number of hydrogen-bond acceptors (Lipinski definition) is 4. The molecule has 7 heteroatoms. The van der Waals surface area contributed by atoms with E-state index < -0.39 is 0 Å². The fraction of sp³-hybridized carbons (Fsp3) is 0.125. The molecule has 31 heavy (non-hydrogen) atoms. The van der Waals surface area contributed by atoms with Crippen molar-refractivity contribution in [2.24, 2.45) is 0 Å². The van der Waals surface area contributed by atoms with E-state index in [2.05, 4.69) is 15.1 Å². The van der Waals surface area contributed by atoms with Crippen LogP contribution in [0.4, 0.5) is 4.39 Å². The topological polar surface area (TPSA) is 57.8 Å². The van der Waals surface area contributed by atoms with E-state index in [4.69, 9.17) is 4.74 Å². The summed E-state index contributed by atoms with van der Waals surface area (Å²) in [7, 11) is 1.65. The second-order valence-electron chi connectivity index (χ2n) is 7.33. The molecule has 0 fully saturated rings. The summed E-state index contributed by atoms with van der Waals surface area (Å²) in [6.45, 7) is 2.50. The van der Waals surface area contributed by atoms with Gasteiger partial charge >= 0.3 is 0 Å². The highest BCUT2D eigenvalue weighted by atomic mass is 19.1. The lowest BCUT2D eigenvalue weighted by atomic mass is 10.1. The van der Waals surface area contributed by atoms with Crippen LogP contribution >= 0.6 is 0 Å². The number of ether oxygens (including phenoxy) is 1. The smallest absolute Gasteiger partial charge is 0.143 e. The zero-order valence-electron chi connectivity index (χ0n) is 17.2. The Morgan fingerprint density at radius 2 is 1.87 bits per heavy atom. The number of benzene rings is 2. The quantitative estimate of drug-likeness (QED) is 0.416. The van der Waals surface area contributed by atoms with Crippen molar-refractivity contribution in [2.45, 2.75) is 13.5 Å². The zero-order valence-corrected chi connectivity index (χ0v) is 17.2. The lowest BCUT2D eigenvalue weighted by Crippen LogP contribution is -2.01. The van der Waals surface area contributed by atoms with Gasteiger partial charge in [0.25, 0.3) is 0 Å². The van der Waals surface area contributed by atoms with E-state index >= 15 is 0 Å². The molecule has 0 radical (unpaired) electrons. The van der Waals surface area contributed by atoms with Crippen LogP contribution in [0.25, 0.3) is 27.8 Å². The summed E-state index contributed by atoms with van der Waals surface area (Å²) < 4.78 is 22.7. The van der Waals surface area contributed by atoms with E-state index in [1.807, 2.05) is 52.8 Å². The lowest BCUT2D eigenvalue weighted by Gasteiger charge is -2.12. The van der Waals surface area contributed by atoms with Crippen molar-refractivity contribution < 1.29 is 9.13 Å². The van der Waals surface area contributed by atoms with Gasteiger partial charge in [0.05, 0.1) is 48.8 Å². The highest BCUT2D eigenvalue weighted by Gasteiger charge is 2.14. The maximum absolute atomic E-state index is 13.2. The highest BCUT2D eigenvalue weighted by Crippen LogP contribution is 2.32. The molecule has 3 aromatic heterocycles. The summed E-state index contributed by atoms with van der Waals surface area (Å²) >= 11 is 0. The molecule has 0 bridgehead atoms. The maximum Gasteiger partial charge on any atom is 0.143 e. The first kappa shape index (κ1) is 19.0. The standard InChI is InChI=1S/C24H20FN5O/c1-16-13-29(15-27-16)22-8-5-18(11-23(22)31-2)24-20-12-28-30(21(20)9-10-26-24)14-17-3-6-19(25)7-4-17/h3-13,15H,14H2,1-2H3. The van der Waals surface area contributed by atoms with Gasteiger partial charge < -0.3 is 9.30 Å². The van der Waals surface area contributed by atoms with E-state index in [-0.39, 0.29) is 5.82 Å². The molecule has 0 unspecified atom stereocenters. The minimum Gasteiger partial charge on any atom is -0.495 e. The van der Waals surface area contributed by atoms with E-state index in [1.54, 1.807) is 31.8 Å². The molecule has 2 aromatic carbocycles. The van der Waals surface area contributed by atoms with Crippen molar-refractivity contribution in [3.63, 3.8) is 0 Å². The van der Waals surface area contributed by atoms with Crippen molar-refractivity contribution in [1.29, 1.82) is 0 Å². The van der Waals surface area contributed by atoms with Crippen LogP contribution < -0.4 is 4.74 Å². The zero-order chi connectivity index (χ0) is 21.4. The number of halogens is 1. The van der Waals surface area contributed by atoms with Gasteiger partial charge in [0.15, 0.2) is 0 Å². The van der Waals surface area contributed by atoms with Gasteiger partial charge in [-0.1, -0.05) is 18.2 Å². The molecule has 0 saturated carbocycles. The van der Waals surface area contributed by atoms with Crippen LogP contribution in [0.1, 0.15) is 11.3 Å². The molecule has 0 saturated heterocycles. The van der Waals surface area contributed by atoms with Crippen molar-refractivity contribution in [2.75, 3.05) is 7.11 Å². The Labute approximate surface area is 178 Å². The second-order valence-corrected chi connectivity index (χ2v) is 7.33. The van der Waals surface area contributed by atoms with Crippen LogP contribution in [0, 0.1) is 12.7 Å². The van der Waals surface area contributed by atoms with Gasteiger partial charge in [0.2, 0.25) is 0 Å². The summed E-state index contributed by atoms with van der Waals surface area (Å²) in [6, 6.07) is 14.4. The van der Waals surface area contributed by atoms with Gasteiger partial charge in [0.1, 0.15) is 11.6 Å². The van der Waals surface area contributed by atoms with Crippen LogP contribution in [0.15, 0.2) is 73.4 Å². The number of nitrogens with zero attached hydrogens (tertiary/aromatic N) is 5. The fourth-order valence-corrected chi connectivity index (χ4v) is 3.72. The Morgan fingerprint density at radius 1 is 1.03 bits per heavy atom. The minimum absolute atomic E-state index is 0.246. The Hall–Kier alpha value is -4.00. The van der Waals surface area contributed by atoms with Crippen LogP contribution in [-0.4, -0.2) is 31.4 Å². The van der Waals surface area contributed by atoms with E-state index in [9.17, 15) is 4.39 Å². The Bertz CT molecular complexity index is 1370. The highest BCUT2D eigenvalue weighted by molar-refractivity contribution is 5.92. The molecule has 6 nitrogen and oxygen atoms in total. The molecule has 3 heterocycles. The monoisotopic (exact) mass is 413 g/mol. The molecule has 0 aliphatic heterocycles. The molecule has 0 atom stereocenters. The number of aromatic nitrogens is 5. The predicted octanol–water partition coefficient (Wildman–Crippen LogP) is 4.79. The van der Waals surface area contributed by atoms with Gasteiger partial charge in [-0.05, 0) is 42.8 Å². The fourth-order valence-electron chi connectivity index (χ4n) is 3.72. The van der Waals surface area contributed by atoms with Crippen LogP contribution in [-0.2, 0) is 6.54 Å². The molecule has 0 aliphatic rings. The Balaban J connectivity index is 1.54. The Morgan fingerprint density at radius 3 is 2.61 bits per heavy atom. The number of methoxy groups -OCH3 is 1. The normalized spacial score (nSPS) is 11.2. The van der Waals surface area contributed by atoms with Crippen molar-refractivity contribution in [3.8, 4) is 22.7 Å². The molecule has 0 spiro atoms. The third kappa shape index (κ3) is 3.54. The Kier molecular flexibility index (Phi) is 4.71. The second kappa shape index (κ2) is 7.68. The third-order valence-electron chi connectivity index (χ3n) is 5.26. The van der Waals surface area contributed by atoms with E-state index in [0.29, 0.717) is 6.54 Å². The average molecular weight is 413 g/mol. The number of aryl methyl sites for hydroxylation is 1. The van der Waals surface area contributed by atoms with Crippen molar-refractivity contribution in [1.82, 2.24) is 24.3 Å². The summed E-state index contributed by atoms with van der Waals surface area (Å²) in [6.07, 6.45) is 7.32. The number of fused-ring (bicyclic) bond motifs is 1. The minimum atomic E-state index is -0.246. The molecule has 0 amide bonds. The average Bonchev–Trinajstić information content (AvgIpc) is 3.41. The first-order valence-corrected chi connectivity index (χ1v) is 9.87. The van der Waals surface area contributed by atoms with Gasteiger partial charge in [-0.3, -0.25) is 9.67 Å². The third-order valence-corrected chi connectivity index (χ3v) is 5.26. The molecule has 5 aromatic rings. The van der Waals surface area contributed by atoms with Crippen LogP contribution in [0.3, 0.4) is 0 Å². The first-order chi connectivity index (χ1) is 15.1. The predicted molar refractivity (Wildman–Crippen MR) is 117 cm³/mol. The van der Waals surface area contributed by atoms with Gasteiger partial charge in [-0.15, -0.1) is 0 Å². The number of imidazole rings is 1. The molecular formula is C24H20FN5O. The van der Waals surface area contributed by atoms with Crippen molar-refractivity contribution >= 4 is 10.9 Å². The number of hydrogen-bond donors (Lipinski definition) is 0. The molecule has 0 N–H and O–H groups in total. The van der Waals surface area contributed by atoms with Gasteiger partial charge in [-0.2, -0.15) is 5.10 Å². The number of rotatable bonds is 5. The summed E-state index contributed by atoms with van der Waals surface area (Å²) in [5.41, 5.74) is 5.55. The molecule has 154 valence electrons. The SMILES string of the molecule is COc1cc(-c2nccc3c2cnn3Cc2ccc(F)cc2)ccc1-n1cnc(C)c1. The van der Waals surface area contributed by atoms with Gasteiger partial charge in [-0.25, -0.2) is 9.37 Å². The maximum atomic E-state index is 13.2. The summed E-state index contributed by atoms with van der Waals surface area (Å²) in [5.74, 6) is 0.483. The lowest BCUT2D eigenvalue weighted by molar-refractivity contribution is 0.413. The van der Waals surface area contributed by atoms with Gasteiger partial charge in [0, 0.05) is 23.3 Å². The molecular weight excluding hydrogens is 393 g/mol. The van der Waals surface area contributed by atoms with E-state index in [1.165, 1.54) is 12.1 Å². The summed E-state index contributed by atoms with van der Waals surface area (Å²) in [4.78, 5) is 8.91.